The highest BCUT2D eigenvalue weighted by molar-refractivity contribution is 5.96. The molecule has 0 radical (unpaired) electrons. The molecule has 0 bridgehead atoms. The number of amides is 1. The van der Waals surface area contributed by atoms with Crippen molar-refractivity contribution >= 4 is 11.8 Å². The van der Waals surface area contributed by atoms with Crippen LogP contribution in [-0.4, -0.2) is 40.9 Å². The van der Waals surface area contributed by atoms with Crippen LogP contribution in [0, 0.1) is 0 Å². The van der Waals surface area contributed by atoms with Gasteiger partial charge in [0.2, 0.25) is 0 Å². The van der Waals surface area contributed by atoms with Crippen LogP contribution in [0.5, 0.6) is 0 Å². The second kappa shape index (κ2) is 4.31. The standard InChI is InChI=1S/C13H22N2O2/c1-9-8-10(14-9)11-6-5-7-15(11)12(16)17-13(2,3)4/h9,11H,5-8H2,1-4H3. The fraction of sp³-hybridized carbons (Fsp3) is 0.846. The zero-order valence-corrected chi connectivity index (χ0v) is 11.2. The Bertz CT molecular complexity index is 344. The number of hydrogen-bond donors (Lipinski definition) is 0. The first-order chi connectivity index (χ1) is 7.87. The average Bonchev–Trinajstić information content (AvgIpc) is 2.57. The van der Waals surface area contributed by atoms with Crippen LogP contribution in [0.4, 0.5) is 4.79 Å². The van der Waals surface area contributed by atoms with E-state index in [2.05, 4.69) is 11.9 Å². The summed E-state index contributed by atoms with van der Waals surface area (Å²) in [7, 11) is 0. The van der Waals surface area contributed by atoms with Gasteiger partial charge in [0.25, 0.3) is 0 Å². The predicted octanol–water partition coefficient (Wildman–Crippen LogP) is 2.62. The van der Waals surface area contributed by atoms with Crippen molar-refractivity contribution in [2.24, 2.45) is 4.99 Å². The van der Waals surface area contributed by atoms with Gasteiger partial charge in [-0.25, -0.2) is 4.79 Å². The van der Waals surface area contributed by atoms with Crippen LogP contribution < -0.4 is 0 Å². The van der Waals surface area contributed by atoms with Crippen molar-refractivity contribution in [1.29, 1.82) is 0 Å². The molecule has 4 heteroatoms. The summed E-state index contributed by atoms with van der Waals surface area (Å²) in [4.78, 5) is 18.4. The lowest BCUT2D eigenvalue weighted by atomic mass is 9.97. The lowest BCUT2D eigenvalue weighted by Crippen LogP contribution is -2.46. The van der Waals surface area contributed by atoms with Crippen LogP contribution in [0.15, 0.2) is 4.99 Å². The van der Waals surface area contributed by atoms with Gasteiger partial charge >= 0.3 is 6.09 Å². The van der Waals surface area contributed by atoms with E-state index in [-0.39, 0.29) is 12.1 Å². The molecule has 2 heterocycles. The van der Waals surface area contributed by atoms with Gasteiger partial charge in [-0.15, -0.1) is 0 Å². The molecule has 0 aromatic rings. The van der Waals surface area contributed by atoms with E-state index in [1.54, 1.807) is 0 Å². The highest BCUT2D eigenvalue weighted by atomic mass is 16.6. The molecule has 0 aromatic carbocycles. The van der Waals surface area contributed by atoms with E-state index in [0.29, 0.717) is 6.04 Å². The summed E-state index contributed by atoms with van der Waals surface area (Å²) in [5, 5.41) is 0. The highest BCUT2D eigenvalue weighted by Crippen LogP contribution is 2.27. The van der Waals surface area contributed by atoms with Crippen LogP contribution in [0.3, 0.4) is 0 Å². The Balaban J connectivity index is 2.00. The number of hydrogen-bond acceptors (Lipinski definition) is 3. The van der Waals surface area contributed by atoms with Crippen molar-refractivity contribution in [3.05, 3.63) is 0 Å². The number of carbonyl (C=O) groups excluding carboxylic acids is 1. The van der Waals surface area contributed by atoms with Gasteiger partial charge in [-0.1, -0.05) is 0 Å². The highest BCUT2D eigenvalue weighted by Gasteiger charge is 2.37. The van der Waals surface area contributed by atoms with Gasteiger partial charge in [0.15, 0.2) is 0 Å². The van der Waals surface area contributed by atoms with Gasteiger partial charge in [0.1, 0.15) is 5.60 Å². The van der Waals surface area contributed by atoms with Crippen LogP contribution in [0.1, 0.15) is 47.0 Å². The summed E-state index contributed by atoms with van der Waals surface area (Å²) in [5.74, 6) is 0. The largest absolute Gasteiger partial charge is 0.444 e. The summed E-state index contributed by atoms with van der Waals surface area (Å²) in [6.07, 6.45) is 2.92. The zero-order chi connectivity index (χ0) is 12.6. The Hall–Kier alpha value is -1.06. The number of rotatable bonds is 1. The minimum Gasteiger partial charge on any atom is -0.444 e. The fourth-order valence-corrected chi connectivity index (χ4v) is 2.45. The van der Waals surface area contributed by atoms with E-state index in [4.69, 9.17) is 4.74 Å². The topological polar surface area (TPSA) is 41.9 Å². The number of likely N-dealkylation sites (tertiary alicyclic amines) is 1. The van der Waals surface area contributed by atoms with Gasteiger partial charge in [-0.2, -0.15) is 0 Å². The molecule has 2 aliphatic heterocycles. The molecule has 4 nitrogen and oxygen atoms in total. The van der Waals surface area contributed by atoms with Crippen molar-refractivity contribution in [2.45, 2.75) is 64.6 Å². The van der Waals surface area contributed by atoms with Crippen LogP contribution in [0.2, 0.25) is 0 Å². The zero-order valence-electron chi connectivity index (χ0n) is 11.2. The predicted molar refractivity (Wildman–Crippen MR) is 67.5 cm³/mol. The summed E-state index contributed by atoms with van der Waals surface area (Å²) < 4.78 is 5.43. The van der Waals surface area contributed by atoms with Crippen LogP contribution in [-0.2, 0) is 4.74 Å². The van der Waals surface area contributed by atoms with Crippen LogP contribution in [0.25, 0.3) is 0 Å². The Morgan fingerprint density at radius 1 is 1.47 bits per heavy atom. The third-order valence-electron chi connectivity index (χ3n) is 3.16. The average molecular weight is 238 g/mol. The van der Waals surface area contributed by atoms with E-state index >= 15 is 0 Å². The summed E-state index contributed by atoms with van der Waals surface area (Å²) in [6.45, 7) is 8.61. The van der Waals surface area contributed by atoms with Gasteiger partial charge < -0.3 is 4.74 Å². The molecule has 0 spiro atoms. The molecule has 1 saturated heterocycles. The van der Waals surface area contributed by atoms with Gasteiger partial charge in [0.05, 0.1) is 12.1 Å². The summed E-state index contributed by atoms with van der Waals surface area (Å²) in [6, 6.07) is 0.632. The molecule has 1 amide bonds. The minimum atomic E-state index is -0.418. The Morgan fingerprint density at radius 2 is 2.12 bits per heavy atom. The third kappa shape index (κ3) is 2.79. The van der Waals surface area contributed by atoms with Crippen molar-refractivity contribution in [3.63, 3.8) is 0 Å². The molecular weight excluding hydrogens is 216 g/mol. The molecule has 0 aliphatic carbocycles. The maximum Gasteiger partial charge on any atom is 0.410 e. The lowest BCUT2D eigenvalue weighted by Gasteiger charge is -2.33. The molecule has 96 valence electrons. The first-order valence-corrected chi connectivity index (χ1v) is 6.43. The molecular formula is C13H22N2O2. The van der Waals surface area contributed by atoms with Crippen molar-refractivity contribution in [3.8, 4) is 0 Å². The summed E-state index contributed by atoms with van der Waals surface area (Å²) in [5.41, 5.74) is 0.764. The molecule has 2 atom stereocenters. The van der Waals surface area contributed by atoms with Gasteiger partial charge in [0, 0.05) is 18.7 Å². The van der Waals surface area contributed by atoms with Gasteiger partial charge in [-0.05, 0) is 40.5 Å². The Labute approximate surface area is 103 Å². The molecule has 2 aliphatic rings. The lowest BCUT2D eigenvalue weighted by molar-refractivity contribution is 0.0263. The Morgan fingerprint density at radius 3 is 2.65 bits per heavy atom. The molecule has 1 fully saturated rings. The second-order valence-electron chi connectivity index (χ2n) is 6.01. The second-order valence-corrected chi connectivity index (χ2v) is 6.01. The van der Waals surface area contributed by atoms with Crippen molar-refractivity contribution in [2.75, 3.05) is 6.54 Å². The molecule has 2 rings (SSSR count). The quantitative estimate of drug-likeness (QED) is 0.704. The normalized spacial score (nSPS) is 28.7. The van der Waals surface area contributed by atoms with E-state index in [1.807, 2.05) is 25.7 Å². The molecule has 0 N–H and O–H groups in total. The maximum absolute atomic E-state index is 12.0. The maximum atomic E-state index is 12.0. The third-order valence-corrected chi connectivity index (χ3v) is 3.16. The molecule has 0 saturated carbocycles. The molecule has 0 aromatic heterocycles. The first-order valence-electron chi connectivity index (χ1n) is 6.43. The van der Waals surface area contributed by atoms with E-state index in [0.717, 1.165) is 25.8 Å². The SMILES string of the molecule is CC1CC(C2CCCN2C(=O)OC(C)(C)C)=N1. The van der Waals surface area contributed by atoms with Crippen LogP contribution >= 0.6 is 0 Å². The van der Waals surface area contributed by atoms with Gasteiger partial charge in [-0.3, -0.25) is 9.89 Å². The van der Waals surface area contributed by atoms with E-state index < -0.39 is 5.60 Å². The smallest absolute Gasteiger partial charge is 0.410 e. The number of carbonyl (C=O) groups is 1. The molecule has 17 heavy (non-hydrogen) atoms. The van der Waals surface area contributed by atoms with E-state index in [1.165, 1.54) is 5.71 Å². The number of ether oxygens (including phenoxy) is 1. The minimum absolute atomic E-state index is 0.192. The molecule has 2 unspecified atom stereocenters. The van der Waals surface area contributed by atoms with E-state index in [9.17, 15) is 4.79 Å². The van der Waals surface area contributed by atoms with Crippen molar-refractivity contribution in [1.82, 2.24) is 4.90 Å². The first kappa shape index (κ1) is 12.4. The van der Waals surface area contributed by atoms with Crippen molar-refractivity contribution < 1.29 is 9.53 Å². The Kier molecular flexibility index (Phi) is 3.15. The number of nitrogens with zero attached hydrogens (tertiary/aromatic N) is 2. The monoisotopic (exact) mass is 238 g/mol. The fourth-order valence-electron chi connectivity index (χ4n) is 2.45. The number of aliphatic imine (C=N–C) groups is 1. The summed E-state index contributed by atoms with van der Waals surface area (Å²) >= 11 is 0.